The Bertz CT molecular complexity index is 1100. The van der Waals surface area contributed by atoms with E-state index in [-0.39, 0.29) is 30.2 Å². The van der Waals surface area contributed by atoms with E-state index in [0.29, 0.717) is 3.63 Å². The van der Waals surface area contributed by atoms with Crippen LogP contribution in [0, 0.1) is 5.41 Å². The van der Waals surface area contributed by atoms with E-state index in [2.05, 4.69) is 110 Å². The minimum atomic E-state index is -3.14. The van der Waals surface area contributed by atoms with Crippen molar-refractivity contribution in [3.63, 3.8) is 0 Å². The maximum absolute atomic E-state index is 3.14. The smallest absolute Gasteiger partial charge is 0.147 e. The molecule has 0 nitrogen and oxygen atoms in total. The second-order valence-electron chi connectivity index (χ2n) is 10.6. The van der Waals surface area contributed by atoms with Crippen LogP contribution in [0.15, 0.2) is 75.6 Å². The molecule has 4 heteroatoms. The van der Waals surface area contributed by atoms with Gasteiger partial charge in [0.05, 0.1) is 0 Å². The molecule has 2 aliphatic carbocycles. The Morgan fingerprint density at radius 1 is 0.900 bits per heavy atom. The normalized spacial score (nSPS) is 18.1. The van der Waals surface area contributed by atoms with Crippen molar-refractivity contribution in [3.05, 3.63) is 86.7 Å². The number of benzene rings is 2. The Morgan fingerprint density at radius 2 is 1.57 bits per heavy atom. The van der Waals surface area contributed by atoms with Crippen molar-refractivity contribution < 1.29 is 17.4 Å². The number of allylic oxidation sites excluding steroid dienone is 5. The molecule has 0 fully saturated rings. The summed E-state index contributed by atoms with van der Waals surface area (Å²) in [6.45, 7) is 9.42. The standard InChI is InChI=1S/C15H11.C9H13.2CH3.2ClH.H2Si.Zr/c1-2-6-12(7-3-1)14-10-4-8-13-9-5-11-15(13)14;1-9(2,3)8-6-4-5-7-8;;;;;;/h1-11H;4,6H,7H2,1-3H3;2*1H3;2*1H;1H2;. The zero-order chi connectivity index (χ0) is 20.2. The van der Waals surface area contributed by atoms with Crippen molar-refractivity contribution >= 4 is 37.8 Å². The van der Waals surface area contributed by atoms with Crippen LogP contribution < -0.4 is 0 Å². The molecule has 0 saturated carbocycles. The summed E-state index contributed by atoms with van der Waals surface area (Å²) in [6, 6.07) is 17.8. The third kappa shape index (κ3) is 4.44. The van der Waals surface area contributed by atoms with Crippen LogP contribution in [-0.2, 0) is 17.4 Å². The van der Waals surface area contributed by atoms with Gasteiger partial charge in [0.1, 0.15) is 0 Å². The zero-order valence-corrected chi connectivity index (χ0v) is 24.2. The summed E-state index contributed by atoms with van der Waals surface area (Å²) in [5.74, 6) is 0. The molecule has 1 unspecified atom stereocenters. The van der Waals surface area contributed by atoms with Crippen LogP contribution in [0.25, 0.3) is 17.2 Å². The molecule has 0 N–H and O–H groups in total. The van der Waals surface area contributed by atoms with Crippen LogP contribution in [0.2, 0.25) is 9.26 Å². The summed E-state index contributed by atoms with van der Waals surface area (Å²) in [5.41, 5.74) is 7.55. The van der Waals surface area contributed by atoms with E-state index >= 15 is 0 Å². The molecule has 0 aliphatic heterocycles. The van der Waals surface area contributed by atoms with Gasteiger partial charge in [-0.2, -0.15) is 0 Å². The minimum Gasteiger partial charge on any atom is -0.147 e. The molecule has 0 bridgehead atoms. The first kappa shape index (κ1) is 25.6. The van der Waals surface area contributed by atoms with Crippen LogP contribution in [-0.4, -0.2) is 6.88 Å². The van der Waals surface area contributed by atoms with Gasteiger partial charge in [-0.15, -0.1) is 24.8 Å². The quantitative estimate of drug-likeness (QED) is 0.350. The molecule has 1 atom stereocenters. The van der Waals surface area contributed by atoms with Gasteiger partial charge in [-0.05, 0) is 0 Å². The summed E-state index contributed by atoms with van der Waals surface area (Å²) in [7, 11) is 0. The predicted molar refractivity (Wildman–Crippen MR) is 139 cm³/mol. The van der Waals surface area contributed by atoms with Gasteiger partial charge in [-0.1, -0.05) is 0 Å². The molecule has 0 amide bonds. The van der Waals surface area contributed by atoms with Gasteiger partial charge in [0.2, 0.25) is 0 Å². The Kier molecular flexibility index (Phi) is 7.43. The predicted octanol–water partition coefficient (Wildman–Crippen LogP) is 7.86. The summed E-state index contributed by atoms with van der Waals surface area (Å²) in [5, 5.41) is 0. The number of hydrogen-bond donors (Lipinski definition) is 0. The third-order valence-corrected chi connectivity index (χ3v) is 24.4. The van der Waals surface area contributed by atoms with E-state index in [1.165, 1.54) is 23.1 Å². The molecular formula is C26H34Cl2SiZr. The molecule has 160 valence electrons. The molecule has 4 rings (SSSR count). The van der Waals surface area contributed by atoms with Gasteiger partial charge in [-0.3, -0.25) is 0 Å². The van der Waals surface area contributed by atoms with Crippen molar-refractivity contribution in [1.29, 1.82) is 0 Å². The van der Waals surface area contributed by atoms with Gasteiger partial charge in [-0.25, -0.2) is 0 Å². The molecule has 0 heterocycles. The fourth-order valence-electron chi connectivity index (χ4n) is 4.82. The Morgan fingerprint density at radius 3 is 2.17 bits per heavy atom. The summed E-state index contributed by atoms with van der Waals surface area (Å²) < 4.78 is 7.67. The minimum absolute atomic E-state index is 0. The van der Waals surface area contributed by atoms with E-state index in [0.717, 1.165) is 0 Å². The van der Waals surface area contributed by atoms with Crippen LogP contribution in [0.1, 0.15) is 41.9 Å². The van der Waals surface area contributed by atoms with Gasteiger partial charge in [0.25, 0.3) is 0 Å². The van der Waals surface area contributed by atoms with Crippen molar-refractivity contribution in [2.75, 3.05) is 0 Å². The maximum Gasteiger partial charge on any atom is -0.147 e. The molecule has 2 aromatic carbocycles. The fourth-order valence-corrected chi connectivity index (χ4v) is 17.6. The fraction of sp³-hybridized carbons (Fsp3) is 0.308. The van der Waals surface area contributed by atoms with Crippen LogP contribution in [0.5, 0.6) is 0 Å². The van der Waals surface area contributed by atoms with E-state index in [9.17, 15) is 0 Å². The van der Waals surface area contributed by atoms with Crippen molar-refractivity contribution in [1.82, 2.24) is 0 Å². The number of fused-ring (bicyclic) bond motifs is 1. The SMILES string of the molecule is CC(C)(C)C1=CC=[C]([Zr]([CH3])([CH3])(=[SiH2])[CH]2C=Cc3c(-c4ccccc4)cccc32)C1.Cl.Cl. The first-order valence-corrected chi connectivity index (χ1v) is 23.9. The number of rotatable bonds is 3. The molecule has 2 aliphatic rings. The van der Waals surface area contributed by atoms with Gasteiger partial charge in [0, 0.05) is 0 Å². The number of hydrogen-bond acceptors (Lipinski definition) is 0. The average molecular weight is 537 g/mol. The van der Waals surface area contributed by atoms with E-state index in [4.69, 9.17) is 0 Å². The zero-order valence-electron chi connectivity index (χ0n) is 18.7. The first-order chi connectivity index (χ1) is 13.1. The Balaban J connectivity index is 0.00000160. The third-order valence-electron chi connectivity index (χ3n) is 6.90. The van der Waals surface area contributed by atoms with Gasteiger partial charge >= 0.3 is 174 Å². The van der Waals surface area contributed by atoms with Crippen molar-refractivity contribution in [3.8, 4) is 11.1 Å². The molecule has 0 spiro atoms. The van der Waals surface area contributed by atoms with E-state index in [1.54, 1.807) is 14.4 Å². The number of halogens is 2. The summed E-state index contributed by atoms with van der Waals surface area (Å²) >= 11 is -3.14. The second kappa shape index (κ2) is 8.70. The van der Waals surface area contributed by atoms with Crippen molar-refractivity contribution in [2.24, 2.45) is 5.41 Å². The summed E-state index contributed by atoms with van der Waals surface area (Å²) in [6.07, 6.45) is 11.0. The molecule has 0 saturated heterocycles. The molecule has 0 aromatic heterocycles. The van der Waals surface area contributed by atoms with Gasteiger partial charge < -0.3 is 0 Å². The molecule has 30 heavy (non-hydrogen) atoms. The molecule has 2 aromatic rings. The molecule has 0 radical (unpaired) electrons. The van der Waals surface area contributed by atoms with Crippen molar-refractivity contribution in [2.45, 2.75) is 40.1 Å². The monoisotopic (exact) mass is 534 g/mol. The largest absolute Gasteiger partial charge is 0.147 e. The molecular weight excluding hydrogens is 503 g/mol. The first-order valence-electron chi connectivity index (χ1n) is 10.4. The van der Waals surface area contributed by atoms with E-state index < -0.39 is 17.4 Å². The average Bonchev–Trinajstić information content (AvgIpc) is 3.30. The summed E-state index contributed by atoms with van der Waals surface area (Å²) in [4.78, 5) is 0. The van der Waals surface area contributed by atoms with Crippen LogP contribution >= 0.6 is 24.8 Å². The second-order valence-corrected chi connectivity index (χ2v) is 40.4. The van der Waals surface area contributed by atoms with E-state index in [1.807, 2.05) is 0 Å². The Labute approximate surface area is 197 Å². The van der Waals surface area contributed by atoms with Crippen LogP contribution in [0.3, 0.4) is 0 Å². The van der Waals surface area contributed by atoms with Crippen LogP contribution in [0.4, 0.5) is 0 Å². The topological polar surface area (TPSA) is 0 Å². The van der Waals surface area contributed by atoms with Gasteiger partial charge in [0.15, 0.2) is 0 Å². The Hall–Kier alpha value is -0.660. The maximum atomic E-state index is 2.66.